The summed E-state index contributed by atoms with van der Waals surface area (Å²) in [6.45, 7) is 8.42. The summed E-state index contributed by atoms with van der Waals surface area (Å²) in [6.07, 6.45) is 0. The van der Waals surface area contributed by atoms with Crippen LogP contribution in [0.4, 0.5) is 11.6 Å². The van der Waals surface area contributed by atoms with Crippen LogP contribution >= 0.6 is 11.8 Å². The summed E-state index contributed by atoms with van der Waals surface area (Å²) in [4.78, 5) is 11.3. The number of rotatable bonds is 1. The first-order valence-electron chi connectivity index (χ1n) is 5.94. The molecule has 1 aromatic rings. The highest BCUT2D eigenvalue weighted by atomic mass is 32.2. The van der Waals surface area contributed by atoms with Crippen LogP contribution in [0.3, 0.4) is 0 Å². The van der Waals surface area contributed by atoms with Gasteiger partial charge in [-0.25, -0.2) is 9.97 Å². The first kappa shape index (κ1) is 12.5. The average molecular weight is 252 g/mol. The van der Waals surface area contributed by atoms with E-state index in [9.17, 15) is 0 Å². The van der Waals surface area contributed by atoms with Gasteiger partial charge in [-0.1, -0.05) is 20.8 Å². The molecular formula is C12H20N4S. The highest BCUT2D eigenvalue weighted by Crippen LogP contribution is 2.24. The van der Waals surface area contributed by atoms with E-state index in [0.717, 1.165) is 36.2 Å². The maximum absolute atomic E-state index is 5.88. The molecule has 0 aromatic carbocycles. The topological polar surface area (TPSA) is 55.0 Å². The van der Waals surface area contributed by atoms with E-state index in [0.29, 0.717) is 5.82 Å². The van der Waals surface area contributed by atoms with Gasteiger partial charge in [0, 0.05) is 36.1 Å². The van der Waals surface area contributed by atoms with Crippen molar-refractivity contribution in [1.82, 2.24) is 9.97 Å². The Morgan fingerprint density at radius 1 is 1.24 bits per heavy atom. The number of aromatic nitrogens is 2. The second-order valence-corrected chi connectivity index (χ2v) is 6.55. The minimum atomic E-state index is -0.0608. The lowest BCUT2D eigenvalue weighted by Gasteiger charge is -2.28. The first-order chi connectivity index (χ1) is 7.97. The molecule has 2 N–H and O–H groups in total. The normalized spacial score (nSPS) is 17.2. The smallest absolute Gasteiger partial charge is 0.138 e. The lowest BCUT2D eigenvalue weighted by molar-refractivity contribution is 0.545. The number of nitrogens with zero attached hydrogens (tertiary/aromatic N) is 3. The van der Waals surface area contributed by atoms with Crippen LogP contribution in [-0.4, -0.2) is 34.6 Å². The Morgan fingerprint density at radius 2 is 1.88 bits per heavy atom. The van der Waals surface area contributed by atoms with Crippen LogP contribution in [-0.2, 0) is 5.41 Å². The Bertz CT molecular complexity index is 394. The summed E-state index contributed by atoms with van der Waals surface area (Å²) in [6, 6.07) is 1.88. The fourth-order valence-corrected chi connectivity index (χ4v) is 2.65. The second kappa shape index (κ2) is 4.72. The van der Waals surface area contributed by atoms with Crippen LogP contribution in [0.5, 0.6) is 0 Å². The average Bonchev–Trinajstić information content (AvgIpc) is 2.28. The molecule has 1 fully saturated rings. The van der Waals surface area contributed by atoms with Gasteiger partial charge in [0.15, 0.2) is 0 Å². The number of thioether (sulfide) groups is 1. The lowest BCUT2D eigenvalue weighted by Crippen LogP contribution is -2.34. The van der Waals surface area contributed by atoms with E-state index in [4.69, 9.17) is 5.73 Å². The maximum Gasteiger partial charge on any atom is 0.138 e. The van der Waals surface area contributed by atoms with Gasteiger partial charge >= 0.3 is 0 Å². The summed E-state index contributed by atoms with van der Waals surface area (Å²) < 4.78 is 0. The fourth-order valence-electron chi connectivity index (χ4n) is 1.74. The summed E-state index contributed by atoms with van der Waals surface area (Å²) >= 11 is 1.99. The van der Waals surface area contributed by atoms with E-state index in [1.54, 1.807) is 0 Å². The van der Waals surface area contributed by atoms with Gasteiger partial charge in [-0.3, -0.25) is 0 Å². The molecule has 94 valence electrons. The molecule has 0 bridgehead atoms. The Labute approximate surface area is 107 Å². The highest BCUT2D eigenvalue weighted by molar-refractivity contribution is 7.99. The van der Waals surface area contributed by atoms with Gasteiger partial charge in [-0.2, -0.15) is 11.8 Å². The van der Waals surface area contributed by atoms with Crippen molar-refractivity contribution in [3.63, 3.8) is 0 Å². The Morgan fingerprint density at radius 3 is 2.47 bits per heavy atom. The van der Waals surface area contributed by atoms with Crippen molar-refractivity contribution >= 4 is 23.4 Å². The van der Waals surface area contributed by atoms with Crippen LogP contribution in [0.2, 0.25) is 0 Å². The largest absolute Gasteiger partial charge is 0.384 e. The quantitative estimate of drug-likeness (QED) is 0.827. The number of hydrogen-bond donors (Lipinski definition) is 1. The zero-order valence-corrected chi connectivity index (χ0v) is 11.5. The van der Waals surface area contributed by atoms with Crippen LogP contribution in [0.15, 0.2) is 6.07 Å². The van der Waals surface area contributed by atoms with Crippen LogP contribution in [0.1, 0.15) is 26.6 Å². The molecule has 0 aliphatic carbocycles. The van der Waals surface area contributed by atoms with Crippen molar-refractivity contribution in [1.29, 1.82) is 0 Å². The van der Waals surface area contributed by atoms with E-state index in [-0.39, 0.29) is 5.41 Å². The maximum atomic E-state index is 5.88. The second-order valence-electron chi connectivity index (χ2n) is 5.32. The lowest BCUT2D eigenvalue weighted by atomic mass is 9.96. The predicted octanol–water partition coefficient (Wildman–Crippen LogP) is 1.91. The number of hydrogen-bond acceptors (Lipinski definition) is 5. The number of nitrogens with two attached hydrogens (primary N) is 1. The van der Waals surface area contributed by atoms with E-state index in [2.05, 4.69) is 35.6 Å². The zero-order valence-electron chi connectivity index (χ0n) is 10.7. The van der Waals surface area contributed by atoms with E-state index >= 15 is 0 Å². The van der Waals surface area contributed by atoms with Gasteiger partial charge in [0.2, 0.25) is 0 Å². The summed E-state index contributed by atoms with van der Waals surface area (Å²) in [5.41, 5.74) is 5.82. The third-order valence-electron chi connectivity index (χ3n) is 2.74. The molecular weight excluding hydrogens is 232 g/mol. The van der Waals surface area contributed by atoms with E-state index < -0.39 is 0 Å². The molecule has 0 amide bonds. The number of anilines is 2. The molecule has 2 rings (SSSR count). The van der Waals surface area contributed by atoms with E-state index in [1.807, 2.05) is 17.8 Å². The Kier molecular flexibility index (Phi) is 3.47. The SMILES string of the molecule is CC(C)(C)c1nc(N)cc(N2CCSCC2)n1. The molecule has 0 radical (unpaired) electrons. The first-order valence-corrected chi connectivity index (χ1v) is 7.10. The summed E-state index contributed by atoms with van der Waals surface area (Å²) in [7, 11) is 0. The van der Waals surface area contributed by atoms with Crippen LogP contribution < -0.4 is 10.6 Å². The van der Waals surface area contributed by atoms with Gasteiger partial charge in [0.25, 0.3) is 0 Å². The fraction of sp³-hybridized carbons (Fsp3) is 0.667. The third-order valence-corrected chi connectivity index (χ3v) is 3.68. The predicted molar refractivity (Wildman–Crippen MR) is 74.7 cm³/mol. The van der Waals surface area contributed by atoms with Crippen molar-refractivity contribution < 1.29 is 0 Å². The Balaban J connectivity index is 2.31. The highest BCUT2D eigenvalue weighted by Gasteiger charge is 2.21. The number of nitrogen functional groups attached to an aromatic ring is 1. The molecule has 0 unspecified atom stereocenters. The van der Waals surface area contributed by atoms with Crippen molar-refractivity contribution in [2.75, 3.05) is 35.2 Å². The molecule has 0 atom stereocenters. The van der Waals surface area contributed by atoms with Gasteiger partial charge in [-0.15, -0.1) is 0 Å². The van der Waals surface area contributed by atoms with Crippen molar-refractivity contribution in [3.05, 3.63) is 11.9 Å². The minimum Gasteiger partial charge on any atom is -0.384 e. The molecule has 0 saturated carbocycles. The monoisotopic (exact) mass is 252 g/mol. The van der Waals surface area contributed by atoms with Crippen molar-refractivity contribution in [2.45, 2.75) is 26.2 Å². The molecule has 5 heteroatoms. The zero-order chi connectivity index (χ0) is 12.5. The van der Waals surface area contributed by atoms with Gasteiger partial charge in [0.1, 0.15) is 17.5 Å². The standard InChI is InChI=1S/C12H20N4S/c1-12(2,3)11-14-9(13)8-10(15-11)16-4-6-17-7-5-16/h8H,4-7H2,1-3H3,(H2,13,14,15). The molecule has 2 heterocycles. The minimum absolute atomic E-state index is 0.0608. The van der Waals surface area contributed by atoms with Crippen LogP contribution in [0.25, 0.3) is 0 Å². The van der Waals surface area contributed by atoms with Crippen molar-refractivity contribution in [2.24, 2.45) is 0 Å². The van der Waals surface area contributed by atoms with Gasteiger partial charge in [-0.05, 0) is 0 Å². The summed E-state index contributed by atoms with van der Waals surface area (Å²) in [5, 5.41) is 0. The molecule has 1 aromatic heterocycles. The third kappa shape index (κ3) is 3.03. The van der Waals surface area contributed by atoms with Gasteiger partial charge in [0.05, 0.1) is 0 Å². The summed E-state index contributed by atoms with van der Waals surface area (Å²) in [5.74, 6) is 4.69. The molecule has 1 saturated heterocycles. The molecule has 1 aliphatic heterocycles. The van der Waals surface area contributed by atoms with Gasteiger partial charge < -0.3 is 10.6 Å². The van der Waals surface area contributed by atoms with Crippen molar-refractivity contribution in [3.8, 4) is 0 Å². The molecule has 4 nitrogen and oxygen atoms in total. The molecule has 1 aliphatic rings. The molecule has 0 spiro atoms. The molecule has 17 heavy (non-hydrogen) atoms. The van der Waals surface area contributed by atoms with Crippen LogP contribution in [0, 0.1) is 0 Å². The van der Waals surface area contributed by atoms with E-state index in [1.165, 1.54) is 0 Å². The Hall–Kier alpha value is -0.970.